The van der Waals surface area contributed by atoms with E-state index in [4.69, 9.17) is 9.98 Å². The largest absolute Gasteiger partial charge is 0.355 e. The number of rotatable bonds is 7. The average molecular weight is 481 g/mol. The number of nitrogens with zero attached hydrogens (tertiary/aromatic N) is 2. The second-order valence-electron chi connectivity index (χ2n) is 11.4. The lowest BCUT2D eigenvalue weighted by atomic mass is 9.95. The van der Waals surface area contributed by atoms with E-state index in [2.05, 4.69) is 21.3 Å². The van der Waals surface area contributed by atoms with Crippen LogP contribution in [0.5, 0.6) is 0 Å². The number of aliphatic imine (C=N–C) groups is 2. The first-order valence-corrected chi connectivity index (χ1v) is 15.0. The zero-order valence-electron chi connectivity index (χ0n) is 21.8. The molecule has 4 fully saturated rings. The Labute approximate surface area is 214 Å². The van der Waals surface area contributed by atoms with Gasteiger partial charge in [-0.1, -0.05) is 77.0 Å². The van der Waals surface area contributed by atoms with Gasteiger partial charge in [0.25, 0.3) is 0 Å². The van der Waals surface area contributed by atoms with Crippen LogP contribution in [0, 0.1) is 0 Å². The van der Waals surface area contributed by atoms with Crippen molar-refractivity contribution in [2.24, 2.45) is 9.98 Å². The van der Waals surface area contributed by atoms with Crippen LogP contribution in [0.25, 0.3) is 0 Å². The summed E-state index contributed by atoms with van der Waals surface area (Å²) in [6.07, 6.45) is 26.5. The van der Waals surface area contributed by atoms with E-state index in [9.17, 15) is 0 Å². The highest BCUT2D eigenvalue weighted by molar-refractivity contribution is 5.81. The molecule has 0 aliphatic heterocycles. The first kappa shape index (κ1) is 25.6. The van der Waals surface area contributed by atoms with E-state index in [0.717, 1.165) is 25.0 Å². The molecule has 0 saturated heterocycles. The minimum absolute atomic E-state index is 0. The molecule has 34 heavy (non-hydrogen) atoms. The van der Waals surface area contributed by atoms with Crippen molar-refractivity contribution in [3.63, 3.8) is 0 Å². The molecule has 0 aromatic carbocycles. The lowest BCUT2D eigenvalue weighted by Crippen LogP contribution is -2.49. The van der Waals surface area contributed by atoms with E-state index in [0.29, 0.717) is 24.2 Å². The fourth-order valence-corrected chi connectivity index (χ4v) is 6.32. The monoisotopic (exact) mass is 480 g/mol. The second-order valence-corrected chi connectivity index (χ2v) is 11.4. The first-order chi connectivity index (χ1) is 16.8. The van der Waals surface area contributed by atoms with Crippen LogP contribution >= 0.6 is 0 Å². The molecule has 0 atom stereocenters. The Bertz CT molecular complexity index is 605. The van der Waals surface area contributed by atoms with Gasteiger partial charge in [-0.15, -0.1) is 0 Å². The Morgan fingerprint density at radius 3 is 1.41 bits per heavy atom. The van der Waals surface area contributed by atoms with E-state index in [1.165, 1.54) is 128 Å². The highest BCUT2D eigenvalue weighted by Gasteiger charge is 2.20. The maximum atomic E-state index is 5.15. The van der Waals surface area contributed by atoms with E-state index < -0.39 is 0 Å². The summed E-state index contributed by atoms with van der Waals surface area (Å²) in [6.45, 7) is 1.62. The van der Waals surface area contributed by atoms with Crippen molar-refractivity contribution in [2.45, 2.75) is 153 Å². The minimum Gasteiger partial charge on any atom is -0.355 e. The fourth-order valence-electron chi connectivity index (χ4n) is 6.32. The Kier molecular flexibility index (Phi) is 11.2. The summed E-state index contributed by atoms with van der Waals surface area (Å²) in [6, 6.07) is 2.26. The van der Waals surface area contributed by atoms with Crippen molar-refractivity contribution in [3.05, 3.63) is 0 Å². The van der Waals surface area contributed by atoms with Crippen molar-refractivity contribution in [1.82, 2.24) is 21.3 Å². The standard InChI is InChI=1S/C28H52N6.4H2/c1-5-13-23(14-6-1)31-27(32-24-15-7-2-8-16-24)29-21-22-30-28(33-25-17-9-3-10-18-25)34-26-19-11-4-12-20-26;;;;/h23-26H,1-22H2,(H2,29,31,32)(H2,30,33,34);4*1H. The zero-order chi connectivity index (χ0) is 23.3. The molecular weight excluding hydrogens is 420 g/mol. The number of hydrogen-bond donors (Lipinski definition) is 4. The van der Waals surface area contributed by atoms with Crippen LogP contribution in [0.3, 0.4) is 0 Å². The molecule has 0 bridgehead atoms. The summed E-state index contributed by atoms with van der Waals surface area (Å²) in [5, 5.41) is 15.0. The third-order valence-corrected chi connectivity index (χ3v) is 8.40. The van der Waals surface area contributed by atoms with Crippen molar-refractivity contribution < 1.29 is 5.71 Å². The molecule has 0 spiro atoms. The van der Waals surface area contributed by atoms with Crippen LogP contribution < -0.4 is 21.3 Å². The van der Waals surface area contributed by atoms with Gasteiger partial charge < -0.3 is 21.3 Å². The molecular formula is C28H60N6. The van der Waals surface area contributed by atoms with Crippen LogP contribution in [0.4, 0.5) is 0 Å². The van der Waals surface area contributed by atoms with Gasteiger partial charge >= 0.3 is 0 Å². The van der Waals surface area contributed by atoms with E-state index in [-0.39, 0.29) is 5.71 Å². The number of guanidine groups is 2. The maximum Gasteiger partial charge on any atom is 0.191 e. The third-order valence-electron chi connectivity index (χ3n) is 8.40. The van der Waals surface area contributed by atoms with Gasteiger partial charge in [0.1, 0.15) is 0 Å². The van der Waals surface area contributed by atoms with Gasteiger partial charge in [0.2, 0.25) is 0 Å². The molecule has 0 heterocycles. The van der Waals surface area contributed by atoms with Gasteiger partial charge in [-0.3, -0.25) is 4.99 Å². The quantitative estimate of drug-likeness (QED) is 0.194. The van der Waals surface area contributed by atoms with Crippen LogP contribution in [0.1, 0.15) is 134 Å². The van der Waals surface area contributed by atoms with Gasteiger partial charge in [0, 0.05) is 30.4 Å². The highest BCUT2D eigenvalue weighted by Crippen LogP contribution is 2.21. The Balaban J connectivity index is 0.00000342. The van der Waals surface area contributed by atoms with Crippen molar-refractivity contribution in [1.29, 1.82) is 0 Å². The lowest BCUT2D eigenvalue weighted by Gasteiger charge is -2.29. The molecule has 0 radical (unpaired) electrons. The summed E-state index contributed by atoms with van der Waals surface area (Å²) in [4.78, 5) is 10.2. The molecule has 0 amide bonds. The van der Waals surface area contributed by atoms with Gasteiger partial charge in [-0.25, -0.2) is 4.99 Å². The Morgan fingerprint density at radius 1 is 0.529 bits per heavy atom. The fraction of sp³-hybridized carbons (Fsp3) is 0.929. The molecule has 4 saturated carbocycles. The van der Waals surface area contributed by atoms with Gasteiger partial charge in [0.05, 0.1) is 12.6 Å². The normalized spacial score (nSPS) is 24.4. The van der Waals surface area contributed by atoms with E-state index >= 15 is 0 Å². The molecule has 4 aliphatic rings. The molecule has 4 rings (SSSR count). The zero-order valence-corrected chi connectivity index (χ0v) is 21.8. The molecule has 0 unspecified atom stereocenters. The molecule has 0 aromatic heterocycles. The number of nitrogens with one attached hydrogen (secondary N) is 4. The van der Waals surface area contributed by atoms with Gasteiger partial charge in [-0.05, 0) is 51.4 Å². The van der Waals surface area contributed by atoms with E-state index in [1.54, 1.807) is 0 Å². The smallest absolute Gasteiger partial charge is 0.191 e. The summed E-state index contributed by atoms with van der Waals surface area (Å²) in [5.74, 6) is 2.09. The van der Waals surface area contributed by atoms with Crippen LogP contribution in [-0.4, -0.2) is 49.2 Å². The molecule has 6 nitrogen and oxygen atoms in total. The molecule has 0 aromatic rings. The highest BCUT2D eigenvalue weighted by atomic mass is 15.2. The summed E-state index contributed by atoms with van der Waals surface area (Å²) >= 11 is 0. The maximum absolute atomic E-state index is 5.15. The average Bonchev–Trinajstić information content (AvgIpc) is 2.89. The SMILES string of the molecule is C1CCC(N=C(NCCN=C(NC2CCCCC2)NC2CCCCC2)NC2CCCCC2)CC1.[HH].[HH].[HH].[HH]. The topological polar surface area (TPSA) is 72.8 Å². The molecule has 4 N–H and O–H groups in total. The minimum atomic E-state index is 0. The summed E-state index contributed by atoms with van der Waals surface area (Å²) in [5.41, 5.74) is 0. The van der Waals surface area contributed by atoms with Crippen molar-refractivity contribution >= 4 is 11.9 Å². The van der Waals surface area contributed by atoms with Gasteiger partial charge in [0.15, 0.2) is 11.9 Å². The molecule has 6 heteroatoms. The van der Waals surface area contributed by atoms with E-state index in [1.807, 2.05) is 0 Å². The van der Waals surface area contributed by atoms with Crippen molar-refractivity contribution in [3.8, 4) is 0 Å². The molecule has 4 aliphatic carbocycles. The first-order valence-electron chi connectivity index (χ1n) is 15.0. The van der Waals surface area contributed by atoms with Crippen molar-refractivity contribution in [2.75, 3.05) is 13.1 Å². The predicted molar refractivity (Wildman–Crippen MR) is 153 cm³/mol. The number of hydrogen-bond acceptors (Lipinski definition) is 2. The van der Waals surface area contributed by atoms with Crippen LogP contribution in [0.2, 0.25) is 0 Å². The summed E-state index contributed by atoms with van der Waals surface area (Å²) in [7, 11) is 0. The third kappa shape index (κ3) is 9.30. The van der Waals surface area contributed by atoms with Crippen LogP contribution in [0.15, 0.2) is 9.98 Å². The second kappa shape index (κ2) is 14.8. The van der Waals surface area contributed by atoms with Crippen LogP contribution in [-0.2, 0) is 0 Å². The predicted octanol–water partition coefficient (Wildman–Crippen LogP) is 6.37. The summed E-state index contributed by atoms with van der Waals surface area (Å²) < 4.78 is 0. The molecule has 202 valence electrons. The van der Waals surface area contributed by atoms with Gasteiger partial charge in [-0.2, -0.15) is 0 Å². The Hall–Kier alpha value is -1.46. The Morgan fingerprint density at radius 2 is 0.941 bits per heavy atom. The lowest BCUT2D eigenvalue weighted by molar-refractivity contribution is 0.388.